The Morgan fingerprint density at radius 3 is 2.79 bits per heavy atom. The molecule has 8 heteroatoms. The van der Waals surface area contributed by atoms with Crippen LogP contribution in [0.15, 0.2) is 34.7 Å². The predicted octanol–water partition coefficient (Wildman–Crippen LogP) is 3.45. The van der Waals surface area contributed by atoms with E-state index in [1.807, 2.05) is 32.0 Å². The molecular formula is C20H21N3O4S. The van der Waals surface area contributed by atoms with Gasteiger partial charge in [0.25, 0.3) is 5.56 Å². The number of rotatable bonds is 5. The lowest BCUT2D eigenvalue weighted by molar-refractivity contribution is -0.118. The minimum Gasteiger partial charge on any atom is -0.462 e. The van der Waals surface area contributed by atoms with Crippen LogP contribution < -0.4 is 10.9 Å². The lowest BCUT2D eigenvalue weighted by atomic mass is 10.1. The van der Waals surface area contributed by atoms with E-state index >= 15 is 0 Å². The SMILES string of the molecule is CCOC(=O)c1csc2ncn(C(C)C(=O)Nc3cc(C)ccc3C)c(=O)c12. The van der Waals surface area contributed by atoms with Crippen LogP contribution in [0.5, 0.6) is 0 Å². The number of amides is 1. The van der Waals surface area contributed by atoms with Gasteiger partial charge in [0.2, 0.25) is 5.91 Å². The zero-order valence-corrected chi connectivity index (χ0v) is 16.9. The molecule has 146 valence electrons. The zero-order chi connectivity index (χ0) is 20.4. The van der Waals surface area contributed by atoms with Crippen LogP contribution in [0.25, 0.3) is 10.2 Å². The van der Waals surface area contributed by atoms with Gasteiger partial charge in [-0.15, -0.1) is 11.3 Å². The third kappa shape index (κ3) is 3.68. The number of nitrogens with zero attached hydrogens (tertiary/aromatic N) is 2. The van der Waals surface area contributed by atoms with E-state index in [4.69, 9.17) is 4.74 Å². The van der Waals surface area contributed by atoms with E-state index in [1.165, 1.54) is 22.2 Å². The van der Waals surface area contributed by atoms with Crippen LogP contribution in [0, 0.1) is 13.8 Å². The molecule has 1 amide bonds. The van der Waals surface area contributed by atoms with E-state index in [2.05, 4.69) is 10.3 Å². The summed E-state index contributed by atoms with van der Waals surface area (Å²) >= 11 is 1.19. The van der Waals surface area contributed by atoms with Gasteiger partial charge in [0.1, 0.15) is 10.9 Å². The highest BCUT2D eigenvalue weighted by molar-refractivity contribution is 7.17. The summed E-state index contributed by atoms with van der Waals surface area (Å²) in [6.07, 6.45) is 1.34. The molecule has 1 N–H and O–H groups in total. The lowest BCUT2D eigenvalue weighted by Gasteiger charge is -2.16. The monoisotopic (exact) mass is 399 g/mol. The average Bonchev–Trinajstić information content (AvgIpc) is 3.10. The van der Waals surface area contributed by atoms with Crippen molar-refractivity contribution in [1.82, 2.24) is 9.55 Å². The average molecular weight is 399 g/mol. The van der Waals surface area contributed by atoms with Crippen LogP contribution in [0.4, 0.5) is 5.69 Å². The van der Waals surface area contributed by atoms with Crippen molar-refractivity contribution in [2.75, 3.05) is 11.9 Å². The Kier molecular flexibility index (Phi) is 5.60. The van der Waals surface area contributed by atoms with Gasteiger partial charge in [-0.25, -0.2) is 9.78 Å². The summed E-state index contributed by atoms with van der Waals surface area (Å²) in [5, 5.41) is 4.60. The fourth-order valence-corrected chi connectivity index (χ4v) is 3.68. The first-order valence-electron chi connectivity index (χ1n) is 8.87. The van der Waals surface area contributed by atoms with Crippen LogP contribution in [0.1, 0.15) is 41.4 Å². The minimum atomic E-state index is -0.806. The Morgan fingerprint density at radius 1 is 1.32 bits per heavy atom. The number of carbonyl (C=O) groups excluding carboxylic acids is 2. The second-order valence-electron chi connectivity index (χ2n) is 6.49. The number of aryl methyl sites for hydroxylation is 2. The Hall–Kier alpha value is -3.00. The molecule has 28 heavy (non-hydrogen) atoms. The largest absolute Gasteiger partial charge is 0.462 e. The van der Waals surface area contributed by atoms with Crippen LogP contribution in [-0.4, -0.2) is 28.0 Å². The zero-order valence-electron chi connectivity index (χ0n) is 16.1. The highest BCUT2D eigenvalue weighted by Crippen LogP contribution is 2.23. The second-order valence-corrected chi connectivity index (χ2v) is 7.35. The highest BCUT2D eigenvalue weighted by atomic mass is 32.1. The number of aromatic nitrogens is 2. The molecule has 0 fully saturated rings. The molecule has 3 rings (SSSR count). The highest BCUT2D eigenvalue weighted by Gasteiger charge is 2.23. The first-order valence-corrected chi connectivity index (χ1v) is 9.75. The molecule has 3 aromatic rings. The molecule has 0 aliphatic carbocycles. The van der Waals surface area contributed by atoms with E-state index in [-0.39, 0.29) is 23.5 Å². The minimum absolute atomic E-state index is 0.177. The van der Waals surface area contributed by atoms with Crippen molar-refractivity contribution in [3.63, 3.8) is 0 Å². The quantitative estimate of drug-likeness (QED) is 0.664. The molecule has 0 aliphatic heterocycles. The molecule has 7 nitrogen and oxygen atoms in total. The Labute approximate surface area is 166 Å². The molecule has 0 saturated heterocycles. The normalized spacial score (nSPS) is 12.0. The van der Waals surface area contributed by atoms with Crippen molar-refractivity contribution >= 4 is 39.1 Å². The molecular weight excluding hydrogens is 378 g/mol. The summed E-state index contributed by atoms with van der Waals surface area (Å²) in [4.78, 5) is 42.5. The molecule has 0 bridgehead atoms. The predicted molar refractivity (Wildman–Crippen MR) is 109 cm³/mol. The lowest BCUT2D eigenvalue weighted by Crippen LogP contribution is -2.32. The van der Waals surface area contributed by atoms with Crippen LogP contribution in [-0.2, 0) is 9.53 Å². The first kappa shape index (κ1) is 19.8. The summed E-state index contributed by atoms with van der Waals surface area (Å²) < 4.78 is 6.25. The maximum atomic E-state index is 13.0. The van der Waals surface area contributed by atoms with Crippen molar-refractivity contribution in [3.8, 4) is 0 Å². The topological polar surface area (TPSA) is 90.3 Å². The summed E-state index contributed by atoms with van der Waals surface area (Å²) in [5.74, 6) is -0.914. The van der Waals surface area contributed by atoms with E-state index < -0.39 is 17.6 Å². The van der Waals surface area contributed by atoms with Crippen LogP contribution >= 0.6 is 11.3 Å². The number of thiophene rings is 1. The molecule has 0 aliphatic rings. The summed E-state index contributed by atoms with van der Waals surface area (Å²) in [7, 11) is 0. The number of esters is 1. The number of ether oxygens (including phenoxy) is 1. The van der Waals surface area contributed by atoms with E-state index in [9.17, 15) is 14.4 Å². The number of hydrogen-bond donors (Lipinski definition) is 1. The van der Waals surface area contributed by atoms with Gasteiger partial charge in [0, 0.05) is 11.1 Å². The van der Waals surface area contributed by atoms with Gasteiger partial charge < -0.3 is 10.1 Å². The van der Waals surface area contributed by atoms with E-state index in [0.717, 1.165) is 11.1 Å². The van der Waals surface area contributed by atoms with Gasteiger partial charge in [-0.1, -0.05) is 12.1 Å². The van der Waals surface area contributed by atoms with E-state index in [1.54, 1.807) is 19.2 Å². The Balaban J connectivity index is 1.96. The first-order chi connectivity index (χ1) is 13.3. The number of anilines is 1. The maximum absolute atomic E-state index is 13.0. The van der Waals surface area contributed by atoms with Gasteiger partial charge in [-0.05, 0) is 44.9 Å². The molecule has 2 heterocycles. The van der Waals surface area contributed by atoms with E-state index in [0.29, 0.717) is 10.5 Å². The van der Waals surface area contributed by atoms with Crippen molar-refractivity contribution in [3.05, 3.63) is 57.0 Å². The second kappa shape index (κ2) is 7.93. The number of fused-ring (bicyclic) bond motifs is 1. The number of benzene rings is 1. The van der Waals surface area contributed by atoms with Gasteiger partial charge in [-0.3, -0.25) is 14.2 Å². The van der Waals surface area contributed by atoms with Crippen LogP contribution in [0.3, 0.4) is 0 Å². The van der Waals surface area contributed by atoms with Crippen molar-refractivity contribution in [2.24, 2.45) is 0 Å². The third-order valence-corrected chi connectivity index (χ3v) is 5.35. The third-order valence-electron chi connectivity index (χ3n) is 4.46. The van der Waals surface area contributed by atoms with Crippen molar-refractivity contribution < 1.29 is 14.3 Å². The maximum Gasteiger partial charge on any atom is 0.339 e. The Bertz CT molecular complexity index is 1120. The fourth-order valence-electron chi connectivity index (χ4n) is 2.81. The van der Waals surface area contributed by atoms with Crippen molar-refractivity contribution in [1.29, 1.82) is 0 Å². The molecule has 2 aromatic heterocycles. The fraction of sp³-hybridized carbons (Fsp3) is 0.300. The molecule has 0 spiro atoms. The summed E-state index contributed by atoms with van der Waals surface area (Å²) in [6, 6.07) is 4.96. The number of hydrogen-bond acceptors (Lipinski definition) is 6. The van der Waals surface area contributed by atoms with Gasteiger partial charge in [-0.2, -0.15) is 0 Å². The molecule has 1 atom stereocenters. The smallest absolute Gasteiger partial charge is 0.339 e. The number of carbonyl (C=O) groups is 2. The molecule has 1 aromatic carbocycles. The van der Waals surface area contributed by atoms with Gasteiger partial charge in [0.15, 0.2) is 0 Å². The molecule has 1 unspecified atom stereocenters. The van der Waals surface area contributed by atoms with Crippen LogP contribution in [0.2, 0.25) is 0 Å². The molecule has 0 saturated carbocycles. The van der Waals surface area contributed by atoms with Crippen molar-refractivity contribution in [2.45, 2.75) is 33.7 Å². The Morgan fingerprint density at radius 2 is 2.07 bits per heavy atom. The van der Waals surface area contributed by atoms with Gasteiger partial charge in [0.05, 0.1) is 23.9 Å². The molecule has 0 radical (unpaired) electrons. The standard InChI is InChI=1S/C20H21N3O4S/c1-5-27-20(26)14-9-28-18-16(14)19(25)23(10-21-18)13(4)17(24)22-15-8-11(2)6-7-12(15)3/h6-10,13H,5H2,1-4H3,(H,22,24). The number of nitrogens with one attached hydrogen (secondary N) is 1. The summed E-state index contributed by atoms with van der Waals surface area (Å²) in [6.45, 7) is 7.36. The van der Waals surface area contributed by atoms with Gasteiger partial charge >= 0.3 is 5.97 Å². The summed E-state index contributed by atoms with van der Waals surface area (Å²) in [5.41, 5.74) is 2.37.